The van der Waals surface area contributed by atoms with Gasteiger partial charge in [-0.2, -0.15) is 0 Å². The topological polar surface area (TPSA) is 67.8 Å². The first-order valence-electron chi connectivity index (χ1n) is 2.95. The maximum atomic E-state index is 10.3. The standard InChI is InChI=1S/C5H10N2O3/c1-3-5(6-7-9)10-4(2)8/h5H,3H2,1-2H3,(H,6,9). The second-order valence-electron chi connectivity index (χ2n) is 1.73. The lowest BCUT2D eigenvalue weighted by Gasteiger charge is -2.11. The summed E-state index contributed by atoms with van der Waals surface area (Å²) >= 11 is 0. The van der Waals surface area contributed by atoms with Gasteiger partial charge in [-0.25, -0.2) is 5.43 Å². The smallest absolute Gasteiger partial charge is 0.304 e. The van der Waals surface area contributed by atoms with Crippen LogP contribution >= 0.6 is 0 Å². The van der Waals surface area contributed by atoms with Crippen LogP contribution in [0.25, 0.3) is 0 Å². The van der Waals surface area contributed by atoms with E-state index in [-0.39, 0.29) is 0 Å². The molecule has 5 nitrogen and oxygen atoms in total. The highest BCUT2D eigenvalue weighted by Crippen LogP contribution is 1.92. The average molecular weight is 146 g/mol. The summed E-state index contributed by atoms with van der Waals surface area (Å²) in [6.45, 7) is 3.04. The van der Waals surface area contributed by atoms with Crippen molar-refractivity contribution in [1.82, 2.24) is 5.43 Å². The van der Waals surface area contributed by atoms with Crippen molar-refractivity contribution in [2.75, 3.05) is 0 Å². The molecule has 0 aromatic carbocycles. The minimum absolute atomic E-state index is 0.428. The maximum Gasteiger partial charge on any atom is 0.304 e. The number of nitrogens with one attached hydrogen (secondary N) is 1. The molecule has 0 rings (SSSR count). The number of esters is 1. The number of rotatable bonds is 4. The van der Waals surface area contributed by atoms with Gasteiger partial charge in [-0.05, 0) is 0 Å². The lowest BCUT2D eigenvalue weighted by molar-refractivity contribution is -0.148. The van der Waals surface area contributed by atoms with E-state index < -0.39 is 12.2 Å². The zero-order valence-corrected chi connectivity index (χ0v) is 5.96. The van der Waals surface area contributed by atoms with Crippen LogP contribution in [0.4, 0.5) is 0 Å². The summed E-state index contributed by atoms with van der Waals surface area (Å²) in [7, 11) is 0. The molecular formula is C5H10N2O3. The minimum Gasteiger partial charge on any atom is -0.440 e. The van der Waals surface area contributed by atoms with E-state index in [1.54, 1.807) is 6.92 Å². The van der Waals surface area contributed by atoms with Gasteiger partial charge in [-0.15, -0.1) is 4.91 Å². The van der Waals surface area contributed by atoms with E-state index in [2.05, 4.69) is 15.4 Å². The molecule has 0 aliphatic heterocycles. The van der Waals surface area contributed by atoms with Crippen molar-refractivity contribution in [3.8, 4) is 0 Å². The van der Waals surface area contributed by atoms with Crippen LogP contribution in [0, 0.1) is 4.91 Å². The summed E-state index contributed by atoms with van der Waals surface area (Å²) in [5.41, 5.74) is 2.09. The minimum atomic E-state index is -0.588. The van der Waals surface area contributed by atoms with Gasteiger partial charge in [0.2, 0.25) is 0 Å². The third-order valence-corrected chi connectivity index (χ3v) is 0.876. The van der Waals surface area contributed by atoms with Crippen LogP contribution in [0.3, 0.4) is 0 Å². The van der Waals surface area contributed by atoms with Gasteiger partial charge in [-0.1, -0.05) is 6.92 Å². The van der Waals surface area contributed by atoms with E-state index in [0.717, 1.165) is 0 Å². The van der Waals surface area contributed by atoms with Gasteiger partial charge in [0.1, 0.15) is 0 Å². The van der Waals surface area contributed by atoms with Crippen molar-refractivity contribution >= 4 is 5.97 Å². The molecular weight excluding hydrogens is 136 g/mol. The molecule has 0 saturated heterocycles. The number of nitroso groups, excluding NO2 is 1. The molecule has 0 aliphatic carbocycles. The summed E-state index contributed by atoms with van der Waals surface area (Å²) in [5.74, 6) is -0.428. The molecule has 0 heterocycles. The van der Waals surface area contributed by atoms with Gasteiger partial charge in [-0.3, -0.25) is 4.79 Å². The number of hydrogen-bond acceptors (Lipinski definition) is 4. The number of hydrogen-bond donors (Lipinski definition) is 1. The van der Waals surface area contributed by atoms with Crippen LogP contribution in [0.5, 0.6) is 0 Å². The van der Waals surface area contributed by atoms with Crippen LogP contribution in [0.2, 0.25) is 0 Å². The van der Waals surface area contributed by atoms with E-state index >= 15 is 0 Å². The van der Waals surface area contributed by atoms with E-state index in [1.807, 2.05) is 0 Å². The normalized spacial score (nSPS) is 11.8. The fraction of sp³-hybridized carbons (Fsp3) is 0.800. The Hall–Kier alpha value is -1.13. The molecule has 0 radical (unpaired) electrons. The van der Waals surface area contributed by atoms with Crippen LogP contribution < -0.4 is 5.43 Å². The molecule has 0 aromatic heterocycles. The molecule has 1 N–H and O–H groups in total. The van der Waals surface area contributed by atoms with Crippen molar-refractivity contribution in [2.45, 2.75) is 26.5 Å². The molecule has 1 unspecified atom stereocenters. The molecule has 0 saturated carbocycles. The molecule has 5 heteroatoms. The van der Waals surface area contributed by atoms with Gasteiger partial charge < -0.3 is 4.74 Å². The average Bonchev–Trinajstić information content (AvgIpc) is 1.86. The largest absolute Gasteiger partial charge is 0.440 e. The van der Waals surface area contributed by atoms with E-state index in [9.17, 15) is 9.70 Å². The molecule has 0 aliphatic rings. The van der Waals surface area contributed by atoms with Crippen molar-refractivity contribution in [2.24, 2.45) is 5.29 Å². The highest BCUT2D eigenvalue weighted by Gasteiger charge is 2.06. The monoisotopic (exact) mass is 146 g/mol. The molecule has 1 atom stereocenters. The number of carbonyl (C=O) groups excluding carboxylic acids is 1. The predicted molar refractivity (Wildman–Crippen MR) is 34.8 cm³/mol. The SMILES string of the molecule is CCC(NN=O)OC(C)=O. The Kier molecular flexibility index (Phi) is 4.19. The van der Waals surface area contributed by atoms with E-state index in [1.165, 1.54) is 6.92 Å². The van der Waals surface area contributed by atoms with Crippen molar-refractivity contribution in [3.05, 3.63) is 4.91 Å². The Morgan fingerprint density at radius 2 is 2.40 bits per heavy atom. The fourth-order valence-corrected chi connectivity index (χ4v) is 0.460. The second-order valence-corrected chi connectivity index (χ2v) is 1.73. The quantitative estimate of drug-likeness (QED) is 0.272. The van der Waals surface area contributed by atoms with Crippen molar-refractivity contribution < 1.29 is 9.53 Å². The Morgan fingerprint density at radius 3 is 2.70 bits per heavy atom. The second kappa shape index (κ2) is 4.72. The first-order chi connectivity index (χ1) is 4.70. The highest BCUT2D eigenvalue weighted by atomic mass is 16.6. The Bertz CT molecular complexity index is 126. The van der Waals surface area contributed by atoms with Gasteiger partial charge in [0.05, 0.1) is 5.29 Å². The van der Waals surface area contributed by atoms with E-state index in [0.29, 0.717) is 6.42 Å². The number of carbonyl (C=O) groups is 1. The van der Waals surface area contributed by atoms with Crippen molar-refractivity contribution in [3.63, 3.8) is 0 Å². The molecule has 0 amide bonds. The van der Waals surface area contributed by atoms with Crippen LogP contribution in [-0.4, -0.2) is 12.2 Å². The van der Waals surface area contributed by atoms with Crippen LogP contribution in [0.15, 0.2) is 5.29 Å². The summed E-state index contributed by atoms with van der Waals surface area (Å²) in [5, 5.41) is 2.38. The number of nitrogens with zero attached hydrogens (tertiary/aromatic N) is 1. The Balaban J connectivity index is 3.59. The molecule has 58 valence electrons. The molecule has 10 heavy (non-hydrogen) atoms. The third kappa shape index (κ3) is 3.82. The van der Waals surface area contributed by atoms with Gasteiger partial charge in [0.25, 0.3) is 0 Å². The van der Waals surface area contributed by atoms with Crippen LogP contribution in [-0.2, 0) is 9.53 Å². The van der Waals surface area contributed by atoms with E-state index in [4.69, 9.17) is 0 Å². The number of ether oxygens (including phenoxy) is 1. The third-order valence-electron chi connectivity index (χ3n) is 0.876. The van der Waals surface area contributed by atoms with Crippen LogP contribution in [0.1, 0.15) is 20.3 Å². The Labute approximate surface area is 58.7 Å². The summed E-state index contributed by atoms with van der Waals surface area (Å²) < 4.78 is 4.60. The summed E-state index contributed by atoms with van der Waals surface area (Å²) in [6, 6.07) is 0. The van der Waals surface area contributed by atoms with Gasteiger partial charge >= 0.3 is 5.97 Å². The van der Waals surface area contributed by atoms with Crippen molar-refractivity contribution in [1.29, 1.82) is 0 Å². The Morgan fingerprint density at radius 1 is 1.80 bits per heavy atom. The molecule has 0 bridgehead atoms. The molecule has 0 aromatic rings. The molecule has 0 spiro atoms. The first-order valence-corrected chi connectivity index (χ1v) is 2.95. The zero-order valence-electron chi connectivity index (χ0n) is 5.96. The highest BCUT2D eigenvalue weighted by molar-refractivity contribution is 5.66. The first kappa shape index (κ1) is 8.87. The lowest BCUT2D eigenvalue weighted by atomic mass is 10.4. The summed E-state index contributed by atoms with van der Waals surface area (Å²) in [4.78, 5) is 19.9. The maximum absolute atomic E-state index is 10.3. The fourth-order valence-electron chi connectivity index (χ4n) is 0.460. The summed E-state index contributed by atoms with van der Waals surface area (Å²) in [6.07, 6.45) is -0.0688. The van der Waals surface area contributed by atoms with Gasteiger partial charge in [0, 0.05) is 13.3 Å². The predicted octanol–water partition coefficient (Wildman–Crippen LogP) is 0.557. The lowest BCUT2D eigenvalue weighted by Crippen LogP contribution is -2.28. The zero-order chi connectivity index (χ0) is 7.98. The molecule has 0 fully saturated rings. The van der Waals surface area contributed by atoms with Gasteiger partial charge in [0.15, 0.2) is 6.23 Å².